The van der Waals surface area contributed by atoms with Crippen LogP contribution in [0.15, 0.2) is 24.3 Å². The van der Waals surface area contributed by atoms with E-state index in [9.17, 15) is 0 Å². The van der Waals surface area contributed by atoms with Crippen LogP contribution in [0.2, 0.25) is 0 Å². The Morgan fingerprint density at radius 2 is 1.17 bits per heavy atom. The fourth-order valence-electron chi connectivity index (χ4n) is 2.12. The summed E-state index contributed by atoms with van der Waals surface area (Å²) in [4.78, 5) is 2.36. The Kier molecular flexibility index (Phi) is 10.8. The van der Waals surface area contributed by atoms with E-state index in [0.29, 0.717) is 0 Å². The van der Waals surface area contributed by atoms with Gasteiger partial charge in [-0.15, -0.1) is 0 Å². The lowest BCUT2D eigenvalue weighted by Gasteiger charge is -2.12. The third kappa shape index (κ3) is 7.50. The maximum atomic E-state index is 2.36. The molecule has 0 saturated heterocycles. The van der Waals surface area contributed by atoms with Crippen LogP contribution in [0.25, 0.3) is 0 Å². The van der Waals surface area contributed by atoms with E-state index in [1.807, 2.05) is 0 Å². The molecule has 0 atom stereocenters. The first kappa shape index (κ1) is 17.2. The van der Waals surface area contributed by atoms with Crippen LogP contribution < -0.4 is 0 Å². The molecule has 0 amide bonds. The average Bonchev–Trinajstić information content (AvgIpc) is 2.40. The van der Waals surface area contributed by atoms with Crippen LogP contribution in [0.4, 0.5) is 0 Å². The minimum Gasteiger partial charge on any atom is -0.306 e. The van der Waals surface area contributed by atoms with E-state index in [2.05, 4.69) is 63.9 Å². The van der Waals surface area contributed by atoms with Crippen molar-refractivity contribution in [2.75, 3.05) is 20.1 Å². The molecule has 0 bridgehead atoms. The second-order valence-corrected chi connectivity index (χ2v) is 4.78. The molecule has 0 heterocycles. The highest BCUT2D eigenvalue weighted by atomic mass is 15.1. The van der Waals surface area contributed by atoms with Crippen molar-refractivity contribution < 1.29 is 0 Å². The zero-order chi connectivity index (χ0) is 13.8. The smallest absolute Gasteiger partial charge is 0.00244 e. The van der Waals surface area contributed by atoms with Gasteiger partial charge in [-0.05, 0) is 56.9 Å². The molecule has 18 heavy (non-hydrogen) atoms. The molecule has 0 radical (unpaired) electrons. The summed E-state index contributed by atoms with van der Waals surface area (Å²) in [6.45, 7) is 11.3. The number of benzene rings is 1. The normalized spacial score (nSPS) is 10.1. The molecule has 1 aromatic rings. The standard InChI is InChI=1S/C10H14.C7H17N/c1-3-9-7-5-6-8-10(9)4-2;1-4-6-8(3)7-5-2/h5-8H,3-4H2,1-2H3;4-7H2,1-3H3. The van der Waals surface area contributed by atoms with Crippen molar-refractivity contribution in [1.29, 1.82) is 0 Å². The molecule has 0 N–H and O–H groups in total. The number of hydrogen-bond acceptors (Lipinski definition) is 1. The molecule has 1 rings (SSSR count). The largest absolute Gasteiger partial charge is 0.306 e. The first-order valence-corrected chi connectivity index (χ1v) is 7.44. The summed E-state index contributed by atoms with van der Waals surface area (Å²) < 4.78 is 0. The molecule has 1 aromatic carbocycles. The predicted octanol–water partition coefficient (Wildman–Crippen LogP) is 4.55. The van der Waals surface area contributed by atoms with E-state index >= 15 is 0 Å². The molecular weight excluding hydrogens is 218 g/mol. The highest BCUT2D eigenvalue weighted by molar-refractivity contribution is 5.26. The Morgan fingerprint density at radius 1 is 0.778 bits per heavy atom. The van der Waals surface area contributed by atoms with Crippen LogP contribution in [0.5, 0.6) is 0 Å². The average molecular weight is 249 g/mol. The summed E-state index contributed by atoms with van der Waals surface area (Å²) in [6, 6.07) is 8.63. The minimum atomic E-state index is 1.16. The van der Waals surface area contributed by atoms with Gasteiger partial charge in [0.25, 0.3) is 0 Å². The molecule has 104 valence electrons. The van der Waals surface area contributed by atoms with Crippen LogP contribution in [-0.2, 0) is 12.8 Å². The Hall–Kier alpha value is -0.820. The van der Waals surface area contributed by atoms with Gasteiger partial charge in [0.2, 0.25) is 0 Å². The molecule has 0 aliphatic heterocycles. The Labute approximate surface area is 114 Å². The highest BCUT2D eigenvalue weighted by Crippen LogP contribution is 2.08. The van der Waals surface area contributed by atoms with Crippen LogP contribution in [-0.4, -0.2) is 25.0 Å². The van der Waals surface area contributed by atoms with Gasteiger partial charge in [-0.1, -0.05) is 52.0 Å². The molecule has 0 fully saturated rings. The molecule has 0 spiro atoms. The van der Waals surface area contributed by atoms with Crippen LogP contribution in [0.1, 0.15) is 51.7 Å². The molecule has 0 aromatic heterocycles. The highest BCUT2D eigenvalue weighted by Gasteiger charge is 1.94. The third-order valence-corrected chi connectivity index (χ3v) is 3.09. The first-order chi connectivity index (χ1) is 8.69. The SMILES string of the molecule is CCCN(C)CCC.CCc1ccccc1CC. The van der Waals surface area contributed by atoms with Gasteiger partial charge in [0.1, 0.15) is 0 Å². The maximum Gasteiger partial charge on any atom is -0.00244 e. The number of hydrogen-bond donors (Lipinski definition) is 0. The molecule has 0 aliphatic rings. The Bertz CT molecular complexity index is 264. The minimum absolute atomic E-state index is 1.16. The first-order valence-electron chi connectivity index (χ1n) is 7.44. The monoisotopic (exact) mass is 249 g/mol. The fourth-order valence-corrected chi connectivity index (χ4v) is 2.12. The molecule has 0 saturated carbocycles. The second kappa shape index (κ2) is 11.3. The number of aryl methyl sites for hydroxylation is 2. The second-order valence-electron chi connectivity index (χ2n) is 4.78. The van der Waals surface area contributed by atoms with Gasteiger partial charge in [0.15, 0.2) is 0 Å². The van der Waals surface area contributed by atoms with Crippen molar-refractivity contribution in [3.8, 4) is 0 Å². The lowest BCUT2D eigenvalue weighted by molar-refractivity contribution is 0.335. The summed E-state index contributed by atoms with van der Waals surface area (Å²) in [5, 5.41) is 0. The van der Waals surface area contributed by atoms with E-state index in [0.717, 1.165) is 12.8 Å². The van der Waals surface area contributed by atoms with Gasteiger partial charge in [-0.25, -0.2) is 0 Å². The van der Waals surface area contributed by atoms with Crippen molar-refractivity contribution in [3.63, 3.8) is 0 Å². The van der Waals surface area contributed by atoms with Gasteiger partial charge >= 0.3 is 0 Å². The number of rotatable bonds is 6. The van der Waals surface area contributed by atoms with Crippen molar-refractivity contribution in [1.82, 2.24) is 4.90 Å². The maximum absolute atomic E-state index is 2.36. The summed E-state index contributed by atoms with van der Waals surface area (Å²) in [7, 11) is 2.17. The topological polar surface area (TPSA) is 3.24 Å². The lowest BCUT2D eigenvalue weighted by atomic mass is 10.0. The quantitative estimate of drug-likeness (QED) is 0.715. The Morgan fingerprint density at radius 3 is 1.44 bits per heavy atom. The van der Waals surface area contributed by atoms with Gasteiger partial charge in [0, 0.05) is 0 Å². The zero-order valence-corrected chi connectivity index (χ0v) is 13.0. The zero-order valence-electron chi connectivity index (χ0n) is 13.0. The summed E-state index contributed by atoms with van der Waals surface area (Å²) in [6.07, 6.45) is 4.86. The van der Waals surface area contributed by atoms with Crippen LogP contribution in [0, 0.1) is 0 Å². The summed E-state index contributed by atoms with van der Waals surface area (Å²) in [5.41, 5.74) is 2.98. The van der Waals surface area contributed by atoms with E-state index in [1.165, 1.54) is 37.1 Å². The molecule has 1 nitrogen and oxygen atoms in total. The van der Waals surface area contributed by atoms with E-state index in [-0.39, 0.29) is 0 Å². The predicted molar refractivity (Wildman–Crippen MR) is 83.3 cm³/mol. The molecule has 0 unspecified atom stereocenters. The van der Waals surface area contributed by atoms with Crippen molar-refractivity contribution in [3.05, 3.63) is 35.4 Å². The van der Waals surface area contributed by atoms with Gasteiger partial charge in [-0.2, -0.15) is 0 Å². The Balaban J connectivity index is 0.000000331. The summed E-state index contributed by atoms with van der Waals surface area (Å²) in [5.74, 6) is 0. The number of nitrogens with zero attached hydrogens (tertiary/aromatic N) is 1. The summed E-state index contributed by atoms with van der Waals surface area (Å²) >= 11 is 0. The van der Waals surface area contributed by atoms with Crippen molar-refractivity contribution in [2.24, 2.45) is 0 Å². The van der Waals surface area contributed by atoms with E-state index in [4.69, 9.17) is 0 Å². The molecule has 1 heteroatoms. The lowest BCUT2D eigenvalue weighted by Crippen LogP contribution is -2.19. The molecular formula is C17H31N. The van der Waals surface area contributed by atoms with E-state index < -0.39 is 0 Å². The van der Waals surface area contributed by atoms with Crippen molar-refractivity contribution >= 4 is 0 Å². The van der Waals surface area contributed by atoms with Gasteiger partial charge in [-0.3, -0.25) is 0 Å². The van der Waals surface area contributed by atoms with Gasteiger partial charge < -0.3 is 4.90 Å². The van der Waals surface area contributed by atoms with Crippen molar-refractivity contribution in [2.45, 2.75) is 53.4 Å². The van der Waals surface area contributed by atoms with Gasteiger partial charge in [0.05, 0.1) is 0 Å². The van der Waals surface area contributed by atoms with E-state index in [1.54, 1.807) is 0 Å². The molecule has 0 aliphatic carbocycles. The van der Waals surface area contributed by atoms with Crippen LogP contribution >= 0.6 is 0 Å². The fraction of sp³-hybridized carbons (Fsp3) is 0.647. The third-order valence-electron chi connectivity index (χ3n) is 3.09. The van der Waals surface area contributed by atoms with Crippen LogP contribution in [0.3, 0.4) is 0 Å².